The van der Waals surface area contributed by atoms with Crippen molar-refractivity contribution in [3.8, 4) is 0 Å². The first-order valence-electron chi connectivity index (χ1n) is 8.84. The Kier molecular flexibility index (Phi) is 3.79. The van der Waals surface area contributed by atoms with Gasteiger partial charge < -0.3 is 10.4 Å². The molecular weight excluding hydrogens is 298 g/mol. The van der Waals surface area contributed by atoms with Gasteiger partial charge in [-0.05, 0) is 60.9 Å². The van der Waals surface area contributed by atoms with Crippen molar-refractivity contribution in [3.63, 3.8) is 0 Å². The van der Waals surface area contributed by atoms with E-state index in [1.807, 2.05) is 12.1 Å². The summed E-state index contributed by atoms with van der Waals surface area (Å²) in [5.41, 5.74) is 5.59. The first kappa shape index (κ1) is 15.3. The topological polar surface area (TPSA) is 49.3 Å². The third-order valence-corrected chi connectivity index (χ3v) is 5.68. The fourth-order valence-electron chi connectivity index (χ4n) is 4.50. The van der Waals surface area contributed by atoms with E-state index in [1.54, 1.807) is 12.1 Å². The summed E-state index contributed by atoms with van der Waals surface area (Å²) >= 11 is 0. The van der Waals surface area contributed by atoms with Gasteiger partial charge in [-0.2, -0.15) is 0 Å². The number of hydrogen-bond donors (Lipinski definition) is 2. The SMILES string of the molecule is Cc1ccc2c(c1)[C@@H]1CCCC[C@@H]1[C@@H](c1ccc(C(=O)O)cc1)N2. The second-order valence-electron chi connectivity index (χ2n) is 7.19. The van der Waals surface area contributed by atoms with Crippen LogP contribution in [0.2, 0.25) is 0 Å². The average Bonchev–Trinajstić information content (AvgIpc) is 2.61. The van der Waals surface area contributed by atoms with E-state index in [4.69, 9.17) is 5.11 Å². The van der Waals surface area contributed by atoms with E-state index in [9.17, 15) is 4.79 Å². The standard InChI is InChI=1S/C21H23NO2/c1-13-6-11-19-18(12-13)16-4-2-3-5-17(16)20(22-19)14-7-9-15(10-8-14)21(23)24/h6-12,16-17,20,22H,2-5H2,1H3,(H,23,24)/t16-,17+,20-/m1/s1. The van der Waals surface area contributed by atoms with Crippen LogP contribution >= 0.6 is 0 Å². The normalized spacial score (nSPS) is 25.3. The van der Waals surface area contributed by atoms with Crippen LogP contribution in [0.5, 0.6) is 0 Å². The number of hydrogen-bond acceptors (Lipinski definition) is 2. The van der Waals surface area contributed by atoms with E-state index in [-0.39, 0.29) is 6.04 Å². The molecule has 2 aromatic rings. The zero-order valence-corrected chi connectivity index (χ0v) is 14.0. The Bertz CT molecular complexity index is 766. The van der Waals surface area contributed by atoms with Crippen molar-refractivity contribution in [1.29, 1.82) is 0 Å². The highest BCUT2D eigenvalue weighted by Gasteiger charge is 2.38. The molecule has 1 aliphatic carbocycles. The predicted octanol–water partition coefficient (Wildman–Crippen LogP) is 5.13. The van der Waals surface area contributed by atoms with Gasteiger partial charge in [0.2, 0.25) is 0 Å². The first-order valence-corrected chi connectivity index (χ1v) is 8.84. The van der Waals surface area contributed by atoms with Crippen LogP contribution in [0.25, 0.3) is 0 Å². The van der Waals surface area contributed by atoms with Gasteiger partial charge in [0.15, 0.2) is 0 Å². The van der Waals surface area contributed by atoms with Gasteiger partial charge in [-0.25, -0.2) is 4.79 Å². The summed E-state index contributed by atoms with van der Waals surface area (Å²) in [4.78, 5) is 11.1. The lowest BCUT2D eigenvalue weighted by Crippen LogP contribution is -2.33. The smallest absolute Gasteiger partial charge is 0.335 e. The van der Waals surface area contributed by atoms with Crippen LogP contribution in [0.15, 0.2) is 42.5 Å². The molecule has 1 saturated carbocycles. The summed E-state index contributed by atoms with van der Waals surface area (Å²) in [6.45, 7) is 2.16. The summed E-state index contributed by atoms with van der Waals surface area (Å²) < 4.78 is 0. The van der Waals surface area contributed by atoms with Gasteiger partial charge in [-0.3, -0.25) is 0 Å². The number of rotatable bonds is 2. The number of carboxylic acid groups (broad SMARTS) is 1. The number of fused-ring (bicyclic) bond motifs is 3. The van der Waals surface area contributed by atoms with Gasteiger partial charge in [-0.1, -0.05) is 42.7 Å². The second kappa shape index (κ2) is 5.97. The first-order chi connectivity index (χ1) is 11.6. The molecule has 4 rings (SSSR count). The Morgan fingerprint density at radius 3 is 2.58 bits per heavy atom. The summed E-state index contributed by atoms with van der Waals surface area (Å²) in [6.07, 6.45) is 5.08. The third kappa shape index (κ3) is 2.58. The molecule has 0 saturated heterocycles. The highest BCUT2D eigenvalue weighted by molar-refractivity contribution is 5.87. The zero-order chi connectivity index (χ0) is 16.7. The van der Waals surface area contributed by atoms with E-state index in [0.29, 0.717) is 17.4 Å². The van der Waals surface area contributed by atoms with Crippen molar-refractivity contribution in [2.45, 2.75) is 44.6 Å². The van der Waals surface area contributed by atoms with Crippen LogP contribution in [0.4, 0.5) is 5.69 Å². The van der Waals surface area contributed by atoms with E-state index in [0.717, 1.165) is 0 Å². The average molecular weight is 321 g/mol. The lowest BCUT2D eigenvalue weighted by atomic mass is 9.68. The molecule has 24 heavy (non-hydrogen) atoms. The van der Waals surface area contributed by atoms with Crippen LogP contribution in [0, 0.1) is 12.8 Å². The molecule has 1 heterocycles. The summed E-state index contributed by atoms with van der Waals surface area (Å²) in [5.74, 6) is 0.331. The van der Waals surface area contributed by atoms with Crippen molar-refractivity contribution < 1.29 is 9.90 Å². The molecule has 0 radical (unpaired) electrons. The minimum atomic E-state index is -0.866. The molecule has 0 spiro atoms. The van der Waals surface area contributed by atoms with Crippen LogP contribution in [-0.2, 0) is 0 Å². The second-order valence-corrected chi connectivity index (χ2v) is 7.19. The van der Waals surface area contributed by atoms with Gasteiger partial charge in [0.05, 0.1) is 11.6 Å². The molecule has 0 bridgehead atoms. The van der Waals surface area contributed by atoms with E-state index >= 15 is 0 Å². The molecule has 0 amide bonds. The van der Waals surface area contributed by atoms with Gasteiger partial charge in [-0.15, -0.1) is 0 Å². The lowest BCUT2D eigenvalue weighted by Gasteiger charge is -2.44. The number of aromatic carboxylic acids is 1. The lowest BCUT2D eigenvalue weighted by molar-refractivity contribution is 0.0697. The maximum atomic E-state index is 11.1. The minimum Gasteiger partial charge on any atom is -0.478 e. The van der Waals surface area contributed by atoms with Crippen LogP contribution in [0.1, 0.15) is 64.7 Å². The Morgan fingerprint density at radius 2 is 1.83 bits per heavy atom. The summed E-state index contributed by atoms with van der Waals surface area (Å²) in [5, 5.41) is 12.9. The van der Waals surface area contributed by atoms with E-state index in [1.165, 1.54) is 48.1 Å². The molecule has 1 fully saturated rings. The van der Waals surface area contributed by atoms with E-state index in [2.05, 4.69) is 30.4 Å². The van der Waals surface area contributed by atoms with Crippen molar-refractivity contribution in [2.75, 3.05) is 5.32 Å². The molecule has 3 atom stereocenters. The van der Waals surface area contributed by atoms with Gasteiger partial charge >= 0.3 is 5.97 Å². The highest BCUT2D eigenvalue weighted by atomic mass is 16.4. The maximum Gasteiger partial charge on any atom is 0.335 e. The number of carboxylic acids is 1. The predicted molar refractivity (Wildman–Crippen MR) is 95.6 cm³/mol. The summed E-state index contributed by atoms with van der Waals surface area (Å²) in [6, 6.07) is 14.4. The van der Waals surface area contributed by atoms with Crippen molar-refractivity contribution in [2.24, 2.45) is 5.92 Å². The molecule has 2 N–H and O–H groups in total. The zero-order valence-electron chi connectivity index (χ0n) is 14.0. The minimum absolute atomic E-state index is 0.272. The molecular formula is C21H23NO2. The Hall–Kier alpha value is -2.29. The molecule has 124 valence electrons. The Morgan fingerprint density at radius 1 is 1.08 bits per heavy atom. The van der Waals surface area contributed by atoms with Gasteiger partial charge in [0.1, 0.15) is 0 Å². The Balaban J connectivity index is 1.73. The van der Waals surface area contributed by atoms with Crippen LogP contribution in [-0.4, -0.2) is 11.1 Å². The highest BCUT2D eigenvalue weighted by Crippen LogP contribution is 2.51. The van der Waals surface area contributed by atoms with Gasteiger partial charge in [0.25, 0.3) is 0 Å². The summed E-state index contributed by atoms with van der Waals surface area (Å²) in [7, 11) is 0. The Labute approximate surface area is 142 Å². The molecule has 3 nitrogen and oxygen atoms in total. The number of nitrogens with one attached hydrogen (secondary N) is 1. The number of benzene rings is 2. The van der Waals surface area contributed by atoms with Crippen molar-refractivity contribution >= 4 is 11.7 Å². The van der Waals surface area contributed by atoms with Gasteiger partial charge in [0, 0.05) is 5.69 Å². The number of aryl methyl sites for hydroxylation is 1. The fraction of sp³-hybridized carbons (Fsp3) is 0.381. The molecule has 1 aliphatic heterocycles. The molecule has 2 aliphatic rings. The molecule has 0 aromatic heterocycles. The molecule has 2 aromatic carbocycles. The quantitative estimate of drug-likeness (QED) is 0.806. The van der Waals surface area contributed by atoms with E-state index < -0.39 is 5.97 Å². The van der Waals surface area contributed by atoms with Crippen molar-refractivity contribution in [3.05, 3.63) is 64.7 Å². The fourth-order valence-corrected chi connectivity index (χ4v) is 4.50. The maximum absolute atomic E-state index is 11.1. The van der Waals surface area contributed by atoms with Crippen molar-refractivity contribution in [1.82, 2.24) is 0 Å². The molecule has 3 heteroatoms. The number of anilines is 1. The third-order valence-electron chi connectivity index (χ3n) is 5.68. The largest absolute Gasteiger partial charge is 0.478 e. The van der Waals surface area contributed by atoms with Crippen LogP contribution < -0.4 is 5.32 Å². The number of carbonyl (C=O) groups is 1. The molecule has 0 unspecified atom stereocenters. The van der Waals surface area contributed by atoms with Crippen LogP contribution in [0.3, 0.4) is 0 Å². The monoisotopic (exact) mass is 321 g/mol.